The van der Waals surface area contributed by atoms with Gasteiger partial charge >= 0.3 is 0 Å². The zero-order valence-corrected chi connectivity index (χ0v) is 20.5. The fourth-order valence-electron chi connectivity index (χ4n) is 3.58. The molecule has 0 fully saturated rings. The molecule has 0 aromatic heterocycles. The largest absolute Gasteiger partial charge is 0.407 e. The molecule has 178 valence electrons. The molecule has 1 atom stereocenters. The molecule has 3 aromatic rings. The van der Waals surface area contributed by atoms with Gasteiger partial charge in [0.2, 0.25) is 5.90 Å². The number of para-hydroxylation sites is 1. The number of ether oxygens (including phenoxy) is 1. The maximum absolute atomic E-state index is 14.5. The topological polar surface area (TPSA) is 105 Å². The molecule has 4 rings (SSSR count). The smallest absolute Gasteiger partial charge is 0.290 e. The van der Waals surface area contributed by atoms with Gasteiger partial charge in [-0.1, -0.05) is 77.7 Å². The summed E-state index contributed by atoms with van der Waals surface area (Å²) in [6.07, 6.45) is -0.831. The Labute approximate surface area is 214 Å². The molecular formula is C25H21F2IN6O. The van der Waals surface area contributed by atoms with Crippen molar-refractivity contribution in [3.63, 3.8) is 0 Å². The van der Waals surface area contributed by atoms with Gasteiger partial charge in [-0.25, -0.2) is 8.78 Å². The molecule has 10 heteroatoms. The Kier molecular flexibility index (Phi) is 7.39. The number of hydrogen-bond donors (Lipinski definition) is 5. The predicted molar refractivity (Wildman–Crippen MR) is 143 cm³/mol. The van der Waals surface area contributed by atoms with E-state index in [0.29, 0.717) is 22.0 Å². The predicted octanol–water partition coefficient (Wildman–Crippen LogP) is 5.44. The van der Waals surface area contributed by atoms with Crippen molar-refractivity contribution in [1.29, 1.82) is 10.8 Å². The van der Waals surface area contributed by atoms with Gasteiger partial charge in [0.05, 0.1) is 27.2 Å². The van der Waals surface area contributed by atoms with Crippen molar-refractivity contribution in [2.75, 3.05) is 15.2 Å². The summed E-state index contributed by atoms with van der Waals surface area (Å²) in [5.74, 6) is -2.42. The Balaban J connectivity index is 1.60. The second kappa shape index (κ2) is 10.6. The van der Waals surface area contributed by atoms with Crippen LogP contribution in [0.3, 0.4) is 0 Å². The third kappa shape index (κ3) is 5.48. The number of benzodiazepines with no additional fused rings is 1. The third-order valence-corrected chi connectivity index (χ3v) is 5.51. The second-order valence-electron chi connectivity index (χ2n) is 7.47. The molecule has 1 aliphatic rings. The fraction of sp³-hybridized carbons (Fsp3) is 0.0800. The molecule has 3 aromatic carbocycles. The van der Waals surface area contributed by atoms with Gasteiger partial charge < -0.3 is 20.7 Å². The highest BCUT2D eigenvalue weighted by atomic mass is 127. The summed E-state index contributed by atoms with van der Waals surface area (Å²) in [6.45, 7) is 4.04. The highest BCUT2D eigenvalue weighted by Gasteiger charge is 2.24. The Morgan fingerprint density at radius 1 is 1.09 bits per heavy atom. The Hall–Kier alpha value is -3.80. The highest BCUT2D eigenvalue weighted by Crippen LogP contribution is 2.26. The molecule has 0 saturated carbocycles. The normalized spacial score (nSPS) is 14.7. The van der Waals surface area contributed by atoms with Gasteiger partial charge in [-0.05, 0) is 12.1 Å². The number of rotatable bonds is 5. The summed E-state index contributed by atoms with van der Waals surface area (Å²) in [5.41, 5.74) is 3.41. The summed E-state index contributed by atoms with van der Waals surface area (Å²) in [7, 11) is 0. The number of aliphatic imine (C=N–C) groups is 1. The molecular weight excluding hydrogens is 565 g/mol. The minimum atomic E-state index is -0.976. The quantitative estimate of drug-likeness (QED) is 0.0904. The number of alkyl halides is 1. The summed E-state index contributed by atoms with van der Waals surface area (Å²) in [6, 6.07) is 18.4. The van der Waals surface area contributed by atoms with Gasteiger partial charge in [-0.15, -0.1) is 0 Å². The van der Waals surface area contributed by atoms with Crippen LogP contribution in [-0.4, -0.2) is 28.3 Å². The van der Waals surface area contributed by atoms with Crippen LogP contribution in [0.15, 0.2) is 84.0 Å². The van der Waals surface area contributed by atoms with E-state index in [9.17, 15) is 8.78 Å². The van der Waals surface area contributed by atoms with Crippen molar-refractivity contribution in [3.05, 3.63) is 107 Å². The van der Waals surface area contributed by atoms with Crippen molar-refractivity contribution < 1.29 is 13.5 Å². The Bertz CT molecular complexity index is 1330. The average molecular weight is 586 g/mol. The third-order valence-electron chi connectivity index (χ3n) is 5.12. The number of nitrogens with one attached hydrogen (secondary N) is 5. The molecule has 0 radical (unpaired) electrons. The van der Waals surface area contributed by atoms with E-state index in [-0.39, 0.29) is 11.3 Å². The van der Waals surface area contributed by atoms with Crippen molar-refractivity contribution in [2.24, 2.45) is 4.99 Å². The molecule has 1 aliphatic heterocycles. The van der Waals surface area contributed by atoms with Crippen molar-refractivity contribution in [2.45, 2.75) is 6.17 Å². The summed E-state index contributed by atoms with van der Waals surface area (Å²) < 4.78 is 33.7. The van der Waals surface area contributed by atoms with E-state index >= 15 is 0 Å². The summed E-state index contributed by atoms with van der Waals surface area (Å²) in [4.78, 5) is 4.78. The molecule has 35 heavy (non-hydrogen) atoms. The molecule has 5 N–H and O–H groups in total. The lowest BCUT2D eigenvalue weighted by molar-refractivity contribution is 0.482. The minimum Gasteiger partial charge on any atom is -0.407 e. The monoisotopic (exact) mass is 586 g/mol. The number of anilines is 2. The van der Waals surface area contributed by atoms with Gasteiger partial charge in [-0.3, -0.25) is 15.8 Å². The molecule has 0 saturated heterocycles. The van der Waals surface area contributed by atoms with E-state index in [2.05, 4.69) is 22.5 Å². The molecule has 1 heterocycles. The number of nitrogens with zero attached hydrogens (tertiary/aromatic N) is 1. The average Bonchev–Trinajstić information content (AvgIpc) is 2.95. The molecule has 0 aliphatic carbocycles. The first-order valence-corrected chi connectivity index (χ1v) is 12.0. The molecule has 0 spiro atoms. The zero-order chi connectivity index (χ0) is 24.9. The number of benzene rings is 3. The number of hydrogen-bond acceptors (Lipinski definition) is 6. The first-order valence-electron chi connectivity index (χ1n) is 10.5. The van der Waals surface area contributed by atoms with Crippen LogP contribution in [0.4, 0.5) is 20.2 Å². The van der Waals surface area contributed by atoms with Crippen LogP contribution in [0.25, 0.3) is 0 Å². The van der Waals surface area contributed by atoms with Crippen molar-refractivity contribution in [3.8, 4) is 0 Å². The first kappa shape index (κ1) is 24.3. The zero-order valence-electron chi connectivity index (χ0n) is 18.3. The van der Waals surface area contributed by atoms with Crippen LogP contribution in [0, 0.1) is 22.5 Å². The summed E-state index contributed by atoms with van der Waals surface area (Å²) in [5, 5.41) is 25.2. The Morgan fingerprint density at radius 3 is 2.54 bits per heavy atom. The van der Waals surface area contributed by atoms with Crippen LogP contribution < -0.4 is 16.0 Å². The maximum Gasteiger partial charge on any atom is 0.290 e. The molecule has 0 amide bonds. The van der Waals surface area contributed by atoms with Crippen LogP contribution >= 0.6 is 22.6 Å². The lowest BCUT2D eigenvalue weighted by Crippen LogP contribution is -2.38. The lowest BCUT2D eigenvalue weighted by Gasteiger charge is -2.19. The van der Waals surface area contributed by atoms with Gasteiger partial charge in [-0.2, -0.15) is 0 Å². The minimum absolute atomic E-state index is 0.0510. The van der Waals surface area contributed by atoms with Crippen LogP contribution in [-0.2, 0) is 4.74 Å². The van der Waals surface area contributed by atoms with Gasteiger partial charge in [0.15, 0.2) is 6.17 Å². The second-order valence-corrected chi connectivity index (χ2v) is 8.23. The van der Waals surface area contributed by atoms with Crippen LogP contribution in [0.5, 0.6) is 0 Å². The lowest BCUT2D eigenvalue weighted by atomic mass is 10.0. The van der Waals surface area contributed by atoms with Crippen molar-refractivity contribution in [1.82, 2.24) is 5.32 Å². The van der Waals surface area contributed by atoms with Gasteiger partial charge in [0, 0.05) is 22.9 Å². The number of fused-ring (bicyclic) bond motifs is 1. The molecule has 7 nitrogen and oxygen atoms in total. The Morgan fingerprint density at radius 2 is 1.80 bits per heavy atom. The molecule has 0 bridgehead atoms. The van der Waals surface area contributed by atoms with Crippen molar-refractivity contribution >= 4 is 51.6 Å². The van der Waals surface area contributed by atoms with E-state index in [1.807, 2.05) is 77.2 Å². The van der Waals surface area contributed by atoms with Crippen LogP contribution in [0.2, 0.25) is 0 Å². The standard InChI is InChI=1S/C25H21F2IN6O/c1-14-24(33-22(15-7-3-2-4-8-15)17-9-5-6-10-19(17)32-14)34-25(30)35-23(29)21-18(27)11-16(26)12-20(21)31-13-28/h2-12,24,29,31-32H,1,13H2,(H2,30,34). The number of amidine groups is 1. The first-order chi connectivity index (χ1) is 16.9. The molecule has 1 unspecified atom stereocenters. The van der Waals surface area contributed by atoms with E-state index in [1.54, 1.807) is 0 Å². The van der Waals surface area contributed by atoms with Crippen LogP contribution in [0.1, 0.15) is 16.7 Å². The summed E-state index contributed by atoms with van der Waals surface area (Å²) >= 11 is 1.98. The number of halogens is 3. The fourth-order valence-corrected chi connectivity index (χ4v) is 4.00. The van der Waals surface area contributed by atoms with E-state index in [4.69, 9.17) is 20.5 Å². The van der Waals surface area contributed by atoms with E-state index in [1.165, 1.54) is 0 Å². The van der Waals surface area contributed by atoms with Gasteiger partial charge in [0.25, 0.3) is 6.02 Å². The van der Waals surface area contributed by atoms with E-state index in [0.717, 1.165) is 22.9 Å². The van der Waals surface area contributed by atoms with E-state index < -0.39 is 29.7 Å². The highest BCUT2D eigenvalue weighted by molar-refractivity contribution is 14.1. The van der Waals surface area contributed by atoms with Gasteiger partial charge in [0.1, 0.15) is 11.6 Å². The maximum atomic E-state index is 14.5. The SMILES string of the molecule is C=C1Nc2ccccc2C(c2ccccc2)=NC1NC(=N)OC(=N)c1c(F)cc(F)cc1NCI.